The van der Waals surface area contributed by atoms with E-state index in [0.29, 0.717) is 19.6 Å². The van der Waals surface area contributed by atoms with E-state index in [1.165, 1.54) is 12.1 Å². The number of nitrogens with zero attached hydrogens (tertiary/aromatic N) is 2. The molecule has 2 rings (SSSR count). The zero-order valence-electron chi connectivity index (χ0n) is 10.5. The van der Waals surface area contributed by atoms with E-state index in [2.05, 4.69) is 17.1 Å². The number of hydrogen-bond donors (Lipinski definition) is 2. The van der Waals surface area contributed by atoms with Gasteiger partial charge >= 0.3 is 0 Å². The number of carbonyl (C=O) groups excluding carboxylic acids is 1. The van der Waals surface area contributed by atoms with Crippen LogP contribution < -0.4 is 11.3 Å². The first-order valence-corrected chi connectivity index (χ1v) is 6.09. The molecule has 0 saturated carbocycles. The van der Waals surface area contributed by atoms with E-state index in [1.807, 2.05) is 0 Å². The molecule has 2 heterocycles. The quantitative estimate of drug-likeness (QED) is 0.771. The Morgan fingerprint density at radius 2 is 2.17 bits per heavy atom. The molecule has 98 valence electrons. The van der Waals surface area contributed by atoms with Crippen LogP contribution in [-0.2, 0) is 0 Å². The second-order valence-electron chi connectivity index (χ2n) is 5.11. The second-order valence-corrected chi connectivity index (χ2v) is 5.11. The van der Waals surface area contributed by atoms with Crippen LogP contribution >= 0.6 is 0 Å². The minimum atomic E-state index is -0.305. The van der Waals surface area contributed by atoms with Gasteiger partial charge in [-0.25, -0.2) is 5.10 Å². The molecule has 1 fully saturated rings. The van der Waals surface area contributed by atoms with Crippen molar-refractivity contribution in [1.82, 2.24) is 15.1 Å². The maximum absolute atomic E-state index is 12.1. The van der Waals surface area contributed by atoms with Crippen LogP contribution in [0.3, 0.4) is 0 Å². The number of H-pyrrole nitrogens is 1. The molecule has 0 unspecified atom stereocenters. The molecular weight excluding hydrogens is 232 g/mol. The molecule has 0 atom stereocenters. The standard InChI is InChI=1S/C12H18N4O2/c1-12(8-13)4-6-16(7-5-12)11(18)9-2-3-10(17)15-14-9/h2-3H,4-8,13H2,1H3,(H,15,17). The fraction of sp³-hybridized carbons (Fsp3) is 0.583. The normalized spacial score (nSPS) is 18.7. The van der Waals surface area contributed by atoms with Gasteiger partial charge in [-0.3, -0.25) is 9.59 Å². The predicted molar refractivity (Wildman–Crippen MR) is 67.2 cm³/mol. The summed E-state index contributed by atoms with van der Waals surface area (Å²) < 4.78 is 0. The maximum Gasteiger partial charge on any atom is 0.274 e. The van der Waals surface area contributed by atoms with Crippen LogP contribution in [0.2, 0.25) is 0 Å². The molecule has 0 bridgehead atoms. The van der Waals surface area contributed by atoms with E-state index in [-0.39, 0.29) is 22.6 Å². The van der Waals surface area contributed by atoms with Crippen LogP contribution in [0.15, 0.2) is 16.9 Å². The zero-order valence-corrected chi connectivity index (χ0v) is 10.5. The van der Waals surface area contributed by atoms with Gasteiger partial charge in [0.2, 0.25) is 0 Å². The first-order chi connectivity index (χ1) is 8.54. The Balaban J connectivity index is 2.04. The first-order valence-electron chi connectivity index (χ1n) is 6.09. The molecule has 3 N–H and O–H groups in total. The summed E-state index contributed by atoms with van der Waals surface area (Å²) in [5.41, 5.74) is 5.84. The molecule has 0 spiro atoms. The summed E-state index contributed by atoms with van der Waals surface area (Å²) in [6.07, 6.45) is 1.80. The molecule has 1 aliphatic rings. The number of amides is 1. The summed E-state index contributed by atoms with van der Waals surface area (Å²) in [5.74, 6) is -0.134. The highest BCUT2D eigenvalue weighted by Crippen LogP contribution is 2.29. The Hall–Kier alpha value is -1.69. The molecule has 0 aromatic carbocycles. The highest BCUT2D eigenvalue weighted by atomic mass is 16.2. The monoisotopic (exact) mass is 250 g/mol. The van der Waals surface area contributed by atoms with E-state index in [4.69, 9.17) is 5.73 Å². The van der Waals surface area contributed by atoms with Crippen LogP contribution in [0, 0.1) is 5.41 Å². The highest BCUT2D eigenvalue weighted by Gasteiger charge is 2.31. The smallest absolute Gasteiger partial charge is 0.274 e. The van der Waals surface area contributed by atoms with Gasteiger partial charge in [0.1, 0.15) is 5.69 Å². The number of carbonyl (C=O) groups is 1. The van der Waals surface area contributed by atoms with Crippen molar-refractivity contribution in [2.24, 2.45) is 11.1 Å². The van der Waals surface area contributed by atoms with Gasteiger partial charge in [-0.1, -0.05) is 6.92 Å². The van der Waals surface area contributed by atoms with Gasteiger partial charge < -0.3 is 10.6 Å². The molecule has 1 aliphatic heterocycles. The van der Waals surface area contributed by atoms with Crippen molar-refractivity contribution in [1.29, 1.82) is 0 Å². The minimum Gasteiger partial charge on any atom is -0.337 e. The van der Waals surface area contributed by atoms with Gasteiger partial charge in [-0.2, -0.15) is 5.10 Å². The molecule has 1 saturated heterocycles. The molecule has 0 radical (unpaired) electrons. The van der Waals surface area contributed by atoms with Gasteiger partial charge in [-0.05, 0) is 30.9 Å². The molecule has 6 heteroatoms. The maximum atomic E-state index is 12.1. The van der Waals surface area contributed by atoms with Crippen molar-refractivity contribution in [2.45, 2.75) is 19.8 Å². The van der Waals surface area contributed by atoms with Crippen LogP contribution in [-0.4, -0.2) is 40.6 Å². The SMILES string of the molecule is CC1(CN)CCN(C(=O)c2ccc(=O)[nH]n2)CC1. The molecule has 6 nitrogen and oxygen atoms in total. The summed E-state index contributed by atoms with van der Waals surface area (Å²) in [6.45, 7) is 4.17. The number of rotatable bonds is 2. The average Bonchev–Trinajstić information content (AvgIpc) is 2.40. The highest BCUT2D eigenvalue weighted by molar-refractivity contribution is 5.92. The van der Waals surface area contributed by atoms with Crippen LogP contribution in [0.25, 0.3) is 0 Å². The topological polar surface area (TPSA) is 92.1 Å². The van der Waals surface area contributed by atoms with Crippen molar-refractivity contribution in [3.8, 4) is 0 Å². The summed E-state index contributed by atoms with van der Waals surface area (Å²) in [4.78, 5) is 24.8. The Kier molecular flexibility index (Phi) is 3.47. The van der Waals surface area contributed by atoms with Crippen LogP contribution in [0.5, 0.6) is 0 Å². The molecule has 1 aromatic rings. The fourth-order valence-electron chi connectivity index (χ4n) is 2.08. The van der Waals surface area contributed by atoms with E-state index >= 15 is 0 Å². The van der Waals surface area contributed by atoms with Crippen molar-refractivity contribution < 1.29 is 4.79 Å². The van der Waals surface area contributed by atoms with Crippen molar-refractivity contribution in [3.63, 3.8) is 0 Å². The molecular formula is C12H18N4O2. The van der Waals surface area contributed by atoms with Crippen molar-refractivity contribution in [3.05, 3.63) is 28.2 Å². The number of hydrogen-bond acceptors (Lipinski definition) is 4. The lowest BCUT2D eigenvalue weighted by Crippen LogP contribution is -2.45. The number of nitrogens with one attached hydrogen (secondary N) is 1. The molecule has 18 heavy (non-hydrogen) atoms. The van der Waals surface area contributed by atoms with Gasteiger partial charge in [0.25, 0.3) is 11.5 Å². The Morgan fingerprint density at radius 3 is 2.67 bits per heavy atom. The van der Waals surface area contributed by atoms with E-state index in [9.17, 15) is 9.59 Å². The molecule has 1 amide bonds. The molecule has 0 aliphatic carbocycles. The van der Waals surface area contributed by atoms with E-state index < -0.39 is 0 Å². The van der Waals surface area contributed by atoms with Crippen molar-refractivity contribution >= 4 is 5.91 Å². The number of piperidine rings is 1. The summed E-state index contributed by atoms with van der Waals surface area (Å²) in [5, 5.41) is 6.03. The fourth-order valence-corrected chi connectivity index (χ4v) is 2.08. The third kappa shape index (κ3) is 2.59. The van der Waals surface area contributed by atoms with Gasteiger partial charge in [-0.15, -0.1) is 0 Å². The Labute approximate surface area is 105 Å². The summed E-state index contributed by atoms with van der Waals surface area (Å²) >= 11 is 0. The lowest BCUT2D eigenvalue weighted by Gasteiger charge is -2.38. The number of nitrogens with two attached hydrogens (primary N) is 1. The lowest BCUT2D eigenvalue weighted by atomic mass is 9.80. The van der Waals surface area contributed by atoms with Crippen LogP contribution in [0.1, 0.15) is 30.3 Å². The number of aromatic nitrogens is 2. The van der Waals surface area contributed by atoms with Gasteiger partial charge in [0.15, 0.2) is 0 Å². The third-order valence-electron chi connectivity index (χ3n) is 3.65. The van der Waals surface area contributed by atoms with Crippen LogP contribution in [0.4, 0.5) is 0 Å². The van der Waals surface area contributed by atoms with E-state index in [0.717, 1.165) is 12.8 Å². The second kappa shape index (κ2) is 4.89. The molecule has 1 aromatic heterocycles. The average molecular weight is 250 g/mol. The van der Waals surface area contributed by atoms with Gasteiger partial charge in [0.05, 0.1) is 0 Å². The third-order valence-corrected chi connectivity index (χ3v) is 3.65. The number of likely N-dealkylation sites (tertiary alicyclic amines) is 1. The number of aromatic amines is 1. The summed E-state index contributed by atoms with van der Waals surface area (Å²) in [6, 6.07) is 2.77. The summed E-state index contributed by atoms with van der Waals surface area (Å²) in [7, 11) is 0. The Bertz CT molecular complexity index is 469. The lowest BCUT2D eigenvalue weighted by molar-refractivity contribution is 0.0610. The van der Waals surface area contributed by atoms with Crippen molar-refractivity contribution in [2.75, 3.05) is 19.6 Å². The first kappa shape index (κ1) is 12.8. The zero-order chi connectivity index (χ0) is 13.2. The predicted octanol–water partition coefficient (Wildman–Crippen LogP) is -0.0291. The Morgan fingerprint density at radius 1 is 1.50 bits per heavy atom. The van der Waals surface area contributed by atoms with Gasteiger partial charge in [0, 0.05) is 19.2 Å². The largest absolute Gasteiger partial charge is 0.337 e. The van der Waals surface area contributed by atoms with E-state index in [1.54, 1.807) is 4.90 Å². The minimum absolute atomic E-state index is 0.134.